The van der Waals surface area contributed by atoms with Crippen LogP contribution in [-0.4, -0.2) is 13.9 Å². The predicted octanol–water partition coefficient (Wildman–Crippen LogP) is 4.87. The topological polar surface area (TPSA) is 44.2 Å². The van der Waals surface area contributed by atoms with Crippen LogP contribution in [-0.2, 0) is 12.5 Å². The monoisotopic (exact) mass is 418 g/mol. The number of hydrogen-bond donors (Lipinski definition) is 0. The van der Waals surface area contributed by atoms with Gasteiger partial charge in [-0.05, 0) is 31.2 Å². The largest absolute Gasteiger partial charge is 0.297 e. The first kappa shape index (κ1) is 20.2. The maximum Gasteiger partial charge on any atom is 0.297 e. The van der Waals surface area contributed by atoms with Gasteiger partial charge in [0.15, 0.2) is 10.5 Å². The number of para-hydroxylation sites is 2. The Morgan fingerprint density at radius 3 is 2.03 bits per heavy atom. The second-order valence-electron chi connectivity index (χ2n) is 8.35. The summed E-state index contributed by atoms with van der Waals surface area (Å²) in [6.07, 6.45) is 0. The minimum Gasteiger partial charge on any atom is -0.289 e. The highest BCUT2D eigenvalue weighted by Gasteiger charge is 2.22. The Morgan fingerprint density at radius 1 is 0.900 bits per heavy atom. The molecule has 0 bridgehead atoms. The molecule has 2 aromatic carbocycles. The number of thiazole rings is 1. The van der Waals surface area contributed by atoms with Crippen LogP contribution in [0.1, 0.15) is 32.2 Å². The molecule has 154 valence electrons. The van der Waals surface area contributed by atoms with Gasteiger partial charge in [0.05, 0.1) is 11.4 Å². The van der Waals surface area contributed by atoms with Gasteiger partial charge in [-0.2, -0.15) is 0 Å². The first-order chi connectivity index (χ1) is 14.3. The third-order valence-electron chi connectivity index (χ3n) is 5.22. The molecule has 0 saturated carbocycles. The summed E-state index contributed by atoms with van der Waals surface area (Å²) in [5.74, 6) is 0. The lowest BCUT2D eigenvalue weighted by Crippen LogP contribution is -2.23. The lowest BCUT2D eigenvalue weighted by Gasteiger charge is -2.21. The Labute approximate surface area is 180 Å². The van der Waals surface area contributed by atoms with E-state index in [0.29, 0.717) is 5.69 Å². The van der Waals surface area contributed by atoms with Crippen LogP contribution in [0, 0.1) is 6.92 Å². The molecule has 0 fully saturated rings. The standard InChI is InChI=1S/C24H26N4OS/c1-17-21(22(29)28(26(17)5)19-14-10-7-11-15-19)25-23-27(18-12-8-6-9-13-18)20(16-30-23)24(2,3)4/h6-16H,1-5H3. The lowest BCUT2D eigenvalue weighted by molar-refractivity contribution is 0.553. The van der Waals surface area contributed by atoms with Crippen LogP contribution >= 0.6 is 11.3 Å². The van der Waals surface area contributed by atoms with Crippen molar-refractivity contribution in [1.29, 1.82) is 0 Å². The maximum absolute atomic E-state index is 13.3. The minimum atomic E-state index is -0.119. The van der Waals surface area contributed by atoms with E-state index >= 15 is 0 Å². The quantitative estimate of drug-likeness (QED) is 0.468. The second kappa shape index (κ2) is 7.61. The van der Waals surface area contributed by atoms with Gasteiger partial charge in [-0.25, -0.2) is 9.67 Å². The smallest absolute Gasteiger partial charge is 0.289 e. The van der Waals surface area contributed by atoms with Crippen LogP contribution < -0.4 is 10.4 Å². The maximum atomic E-state index is 13.3. The zero-order chi connectivity index (χ0) is 21.5. The molecule has 0 atom stereocenters. The normalized spacial score (nSPS) is 12.5. The van der Waals surface area contributed by atoms with Gasteiger partial charge >= 0.3 is 0 Å². The molecule has 0 radical (unpaired) electrons. The van der Waals surface area contributed by atoms with E-state index in [0.717, 1.165) is 27.6 Å². The number of benzene rings is 2. The second-order valence-corrected chi connectivity index (χ2v) is 9.18. The first-order valence-electron chi connectivity index (χ1n) is 9.94. The van der Waals surface area contributed by atoms with E-state index in [-0.39, 0.29) is 11.0 Å². The van der Waals surface area contributed by atoms with Gasteiger partial charge in [0.1, 0.15) is 0 Å². The van der Waals surface area contributed by atoms with Crippen molar-refractivity contribution in [2.45, 2.75) is 33.1 Å². The summed E-state index contributed by atoms with van der Waals surface area (Å²) < 4.78 is 5.68. The molecule has 0 amide bonds. The van der Waals surface area contributed by atoms with Crippen LogP contribution in [0.2, 0.25) is 0 Å². The van der Waals surface area contributed by atoms with E-state index in [1.165, 1.54) is 0 Å². The van der Waals surface area contributed by atoms with Crippen LogP contribution in [0.5, 0.6) is 0 Å². The van der Waals surface area contributed by atoms with Crippen molar-refractivity contribution in [3.8, 4) is 11.4 Å². The fourth-order valence-corrected chi connectivity index (χ4v) is 4.64. The molecule has 30 heavy (non-hydrogen) atoms. The first-order valence-corrected chi connectivity index (χ1v) is 10.8. The Kier molecular flexibility index (Phi) is 5.12. The summed E-state index contributed by atoms with van der Waals surface area (Å²) in [5, 5.41) is 2.14. The van der Waals surface area contributed by atoms with E-state index in [1.807, 2.05) is 67.2 Å². The van der Waals surface area contributed by atoms with Gasteiger partial charge in [0, 0.05) is 29.2 Å². The van der Waals surface area contributed by atoms with Crippen molar-refractivity contribution in [1.82, 2.24) is 13.9 Å². The molecule has 0 N–H and O–H groups in total. The Morgan fingerprint density at radius 2 is 1.47 bits per heavy atom. The molecule has 4 aromatic rings. The number of aromatic nitrogens is 3. The zero-order valence-corrected chi connectivity index (χ0v) is 18.8. The lowest BCUT2D eigenvalue weighted by atomic mass is 9.93. The summed E-state index contributed by atoms with van der Waals surface area (Å²) >= 11 is 1.56. The van der Waals surface area contributed by atoms with Crippen molar-refractivity contribution in [3.63, 3.8) is 0 Å². The molecule has 5 nitrogen and oxygen atoms in total. The SMILES string of the molecule is Cc1c(N=c2scc(C(C)(C)C)n2-c2ccccc2)c(=O)n(-c2ccccc2)n1C. The van der Waals surface area contributed by atoms with Crippen molar-refractivity contribution in [2.75, 3.05) is 0 Å². The van der Waals surface area contributed by atoms with Gasteiger partial charge < -0.3 is 0 Å². The van der Waals surface area contributed by atoms with Crippen LogP contribution in [0.4, 0.5) is 5.69 Å². The zero-order valence-electron chi connectivity index (χ0n) is 18.0. The molecular weight excluding hydrogens is 392 g/mol. The van der Waals surface area contributed by atoms with Crippen molar-refractivity contribution in [3.05, 3.63) is 92.6 Å². The summed E-state index contributed by atoms with van der Waals surface area (Å²) in [4.78, 5) is 19.0. The van der Waals surface area contributed by atoms with E-state index in [4.69, 9.17) is 4.99 Å². The number of hydrogen-bond acceptors (Lipinski definition) is 3. The van der Waals surface area contributed by atoms with Gasteiger partial charge in [-0.1, -0.05) is 57.2 Å². The van der Waals surface area contributed by atoms with E-state index in [1.54, 1.807) is 16.0 Å². The van der Waals surface area contributed by atoms with E-state index in [2.05, 4.69) is 42.9 Å². The molecule has 2 heterocycles. The van der Waals surface area contributed by atoms with Gasteiger partial charge in [-0.15, -0.1) is 11.3 Å². The van der Waals surface area contributed by atoms with Crippen molar-refractivity contribution in [2.24, 2.45) is 12.0 Å². The Bertz CT molecular complexity index is 1300. The molecule has 0 aliphatic carbocycles. The fourth-order valence-electron chi connectivity index (χ4n) is 3.51. The third-order valence-corrected chi connectivity index (χ3v) is 6.05. The predicted molar refractivity (Wildman–Crippen MR) is 123 cm³/mol. The highest BCUT2D eigenvalue weighted by molar-refractivity contribution is 7.07. The molecule has 0 spiro atoms. The molecule has 0 aliphatic rings. The average Bonchev–Trinajstić information content (AvgIpc) is 3.25. The van der Waals surface area contributed by atoms with Gasteiger partial charge in [0.25, 0.3) is 5.56 Å². The third kappa shape index (κ3) is 3.48. The summed E-state index contributed by atoms with van der Waals surface area (Å²) in [6.45, 7) is 8.50. The van der Waals surface area contributed by atoms with E-state index in [9.17, 15) is 4.79 Å². The van der Waals surface area contributed by atoms with Crippen LogP contribution in [0.25, 0.3) is 11.4 Å². The molecule has 6 heteroatoms. The molecule has 0 aliphatic heterocycles. The minimum absolute atomic E-state index is 0.0594. The van der Waals surface area contributed by atoms with Gasteiger partial charge in [0.2, 0.25) is 0 Å². The fraction of sp³-hybridized carbons (Fsp3) is 0.250. The van der Waals surface area contributed by atoms with Crippen LogP contribution in [0.3, 0.4) is 0 Å². The highest BCUT2D eigenvalue weighted by Crippen LogP contribution is 2.26. The van der Waals surface area contributed by atoms with Crippen molar-refractivity contribution >= 4 is 17.0 Å². The Balaban J connectivity index is 1.99. The summed E-state index contributed by atoms with van der Waals surface area (Å²) in [6, 6.07) is 19.8. The van der Waals surface area contributed by atoms with Crippen molar-refractivity contribution < 1.29 is 0 Å². The molecule has 2 aromatic heterocycles. The number of nitrogens with zero attached hydrogens (tertiary/aromatic N) is 4. The number of rotatable bonds is 3. The average molecular weight is 419 g/mol. The Hall–Kier alpha value is -3.12. The van der Waals surface area contributed by atoms with Gasteiger partial charge in [-0.3, -0.25) is 14.0 Å². The molecule has 0 saturated heterocycles. The molecular formula is C24H26N4OS. The summed E-state index contributed by atoms with van der Waals surface area (Å²) in [7, 11) is 1.89. The van der Waals surface area contributed by atoms with Crippen LogP contribution in [0.15, 0.2) is 75.8 Å². The summed E-state index contributed by atoms with van der Waals surface area (Å²) in [5.41, 5.74) is 4.14. The molecule has 4 rings (SSSR count). The molecule has 0 unspecified atom stereocenters. The highest BCUT2D eigenvalue weighted by atomic mass is 32.1. The van der Waals surface area contributed by atoms with E-state index < -0.39 is 0 Å².